The van der Waals surface area contributed by atoms with Gasteiger partial charge >= 0.3 is 0 Å². The average molecular weight is 450 g/mol. The van der Waals surface area contributed by atoms with E-state index in [1.165, 1.54) is 18.3 Å². The molecule has 0 spiro atoms. The van der Waals surface area contributed by atoms with E-state index in [4.69, 9.17) is 16.3 Å². The number of aromatic nitrogens is 2. The van der Waals surface area contributed by atoms with Crippen LogP contribution in [0.4, 0.5) is 4.39 Å². The molecule has 9 heteroatoms. The molecule has 1 aromatic heterocycles. The summed E-state index contributed by atoms with van der Waals surface area (Å²) in [6.07, 6.45) is 5.90. The number of hydrogen-bond acceptors (Lipinski definition) is 6. The van der Waals surface area contributed by atoms with Crippen molar-refractivity contribution in [1.82, 2.24) is 15.3 Å². The first-order chi connectivity index (χ1) is 14.3. The van der Waals surface area contributed by atoms with E-state index in [2.05, 4.69) is 15.3 Å². The maximum Gasteiger partial charge on any atom is 0.258 e. The fourth-order valence-corrected chi connectivity index (χ4v) is 5.21. The van der Waals surface area contributed by atoms with Crippen LogP contribution < -0.4 is 10.1 Å². The number of nitrogens with one attached hydrogen (secondary N) is 1. The number of nitrogens with zero attached hydrogens (tertiary/aromatic N) is 2. The summed E-state index contributed by atoms with van der Waals surface area (Å²) in [5.41, 5.74) is 0.0948. The summed E-state index contributed by atoms with van der Waals surface area (Å²) >= 11 is 7.18. The highest BCUT2D eigenvalue weighted by atomic mass is 35.5. The normalized spacial score (nSPS) is 23.8. The Labute approximate surface area is 183 Å². The molecular formula is C21H21ClFN3O3S. The van der Waals surface area contributed by atoms with Crippen molar-refractivity contribution in [3.05, 3.63) is 47.1 Å². The summed E-state index contributed by atoms with van der Waals surface area (Å²) in [5.74, 6) is 0.254. The van der Waals surface area contributed by atoms with Gasteiger partial charge in [-0.15, -0.1) is 11.8 Å². The van der Waals surface area contributed by atoms with E-state index in [9.17, 15) is 14.0 Å². The van der Waals surface area contributed by atoms with Crippen LogP contribution in [0.1, 0.15) is 43.1 Å². The second-order valence-electron chi connectivity index (χ2n) is 8.00. The van der Waals surface area contributed by atoms with Crippen molar-refractivity contribution in [2.75, 3.05) is 12.4 Å². The van der Waals surface area contributed by atoms with Gasteiger partial charge in [-0.3, -0.25) is 14.6 Å². The Kier molecular flexibility index (Phi) is 5.72. The lowest BCUT2D eigenvalue weighted by molar-refractivity contribution is -0.164. The zero-order valence-corrected chi connectivity index (χ0v) is 18.0. The quantitative estimate of drug-likeness (QED) is 0.459. The predicted octanol–water partition coefficient (Wildman–Crippen LogP) is 4.07. The number of amides is 1. The van der Waals surface area contributed by atoms with Crippen molar-refractivity contribution in [3.8, 4) is 5.75 Å². The van der Waals surface area contributed by atoms with E-state index in [1.807, 2.05) is 6.92 Å². The van der Waals surface area contributed by atoms with Gasteiger partial charge < -0.3 is 10.1 Å². The van der Waals surface area contributed by atoms with Crippen molar-refractivity contribution in [2.45, 2.75) is 43.2 Å². The fourth-order valence-electron chi connectivity index (χ4n) is 4.50. The molecule has 0 saturated heterocycles. The lowest BCUT2D eigenvalue weighted by Gasteiger charge is -2.70. The van der Waals surface area contributed by atoms with Crippen LogP contribution >= 0.6 is 23.4 Å². The van der Waals surface area contributed by atoms with Crippen molar-refractivity contribution in [1.29, 1.82) is 0 Å². The van der Waals surface area contributed by atoms with E-state index in [0.717, 1.165) is 36.1 Å². The second kappa shape index (κ2) is 8.15. The maximum absolute atomic E-state index is 13.4. The van der Waals surface area contributed by atoms with Crippen molar-refractivity contribution in [2.24, 2.45) is 5.41 Å². The Hall–Kier alpha value is -2.19. The minimum atomic E-state index is -0.593. The molecular weight excluding hydrogens is 429 g/mol. The van der Waals surface area contributed by atoms with Gasteiger partial charge in [0.1, 0.15) is 22.3 Å². The number of ketones is 1. The van der Waals surface area contributed by atoms with E-state index in [1.54, 1.807) is 18.0 Å². The van der Waals surface area contributed by atoms with Gasteiger partial charge in [0.2, 0.25) is 0 Å². The smallest absolute Gasteiger partial charge is 0.258 e. The number of carbonyl (C=O) groups excluding carboxylic acids is 2. The molecule has 0 aliphatic heterocycles. The first-order valence-corrected chi connectivity index (χ1v) is 11.1. The van der Waals surface area contributed by atoms with Gasteiger partial charge in [-0.05, 0) is 42.6 Å². The van der Waals surface area contributed by atoms with E-state index in [0.29, 0.717) is 12.1 Å². The van der Waals surface area contributed by atoms with Gasteiger partial charge in [-0.2, -0.15) is 0 Å². The summed E-state index contributed by atoms with van der Waals surface area (Å²) in [5, 5.41) is 3.75. The van der Waals surface area contributed by atoms with Gasteiger partial charge in [0.25, 0.3) is 5.91 Å². The molecule has 2 aromatic rings. The van der Waals surface area contributed by atoms with Crippen LogP contribution in [0.5, 0.6) is 5.75 Å². The summed E-state index contributed by atoms with van der Waals surface area (Å²) < 4.78 is 18.8. The van der Waals surface area contributed by atoms with E-state index >= 15 is 0 Å². The molecule has 1 heterocycles. The Morgan fingerprint density at radius 2 is 2.07 bits per heavy atom. The second-order valence-corrected chi connectivity index (χ2v) is 9.69. The Morgan fingerprint density at radius 3 is 2.77 bits per heavy atom. The first-order valence-electron chi connectivity index (χ1n) is 9.69. The third-order valence-corrected chi connectivity index (χ3v) is 6.62. The summed E-state index contributed by atoms with van der Waals surface area (Å²) in [6, 6.07) is 4.04. The third kappa shape index (κ3) is 4.30. The summed E-state index contributed by atoms with van der Waals surface area (Å²) in [7, 11) is 0. The number of halogens is 2. The van der Waals surface area contributed by atoms with Gasteiger partial charge in [0, 0.05) is 18.0 Å². The largest absolute Gasteiger partial charge is 0.484 e. The van der Waals surface area contributed by atoms with Crippen molar-refractivity contribution >= 4 is 35.1 Å². The number of rotatable bonds is 9. The Morgan fingerprint density at radius 1 is 1.30 bits per heavy atom. The SMILES string of the molecule is CCSc1cncc(C(=O)CC23CC(NC(=O)COc4ccc(Cl)c(F)c4)(C2)C3)n1. The molecule has 1 amide bonds. The molecule has 0 unspecified atom stereocenters. The highest BCUT2D eigenvalue weighted by molar-refractivity contribution is 7.99. The summed E-state index contributed by atoms with van der Waals surface area (Å²) in [4.78, 5) is 33.3. The zero-order valence-electron chi connectivity index (χ0n) is 16.4. The van der Waals surface area contributed by atoms with Crippen LogP contribution in [0, 0.1) is 11.2 Å². The maximum atomic E-state index is 13.4. The number of benzene rings is 1. The molecule has 158 valence electrons. The number of ether oxygens (including phenoxy) is 1. The number of thioether (sulfide) groups is 1. The van der Waals surface area contributed by atoms with E-state index in [-0.39, 0.29) is 40.0 Å². The molecule has 3 aliphatic carbocycles. The molecule has 2 bridgehead atoms. The fraction of sp³-hybridized carbons (Fsp3) is 0.429. The minimum Gasteiger partial charge on any atom is -0.484 e. The molecule has 1 aromatic carbocycles. The van der Waals surface area contributed by atoms with Crippen LogP contribution in [-0.4, -0.2) is 39.6 Å². The molecule has 6 nitrogen and oxygen atoms in total. The predicted molar refractivity (Wildman–Crippen MR) is 111 cm³/mol. The van der Waals surface area contributed by atoms with Crippen LogP contribution in [0.3, 0.4) is 0 Å². The van der Waals surface area contributed by atoms with Crippen LogP contribution in [0.25, 0.3) is 0 Å². The third-order valence-electron chi connectivity index (χ3n) is 5.53. The lowest BCUT2D eigenvalue weighted by Crippen LogP contribution is -2.75. The van der Waals surface area contributed by atoms with E-state index < -0.39 is 5.82 Å². The molecule has 0 radical (unpaired) electrons. The summed E-state index contributed by atoms with van der Waals surface area (Å²) in [6.45, 7) is 1.82. The molecule has 30 heavy (non-hydrogen) atoms. The molecule has 1 N–H and O–H groups in total. The standard InChI is InChI=1S/C21H21ClFN3O3S/c1-2-30-19-8-24-7-16(25-19)17(27)6-20-10-21(11-20,12-20)26-18(28)9-29-13-3-4-14(22)15(23)5-13/h3-5,7-8H,2,6,9-12H2,1H3,(H,26,28). The highest BCUT2D eigenvalue weighted by Crippen LogP contribution is 2.69. The lowest BCUT2D eigenvalue weighted by atomic mass is 9.38. The topological polar surface area (TPSA) is 81.2 Å². The highest BCUT2D eigenvalue weighted by Gasteiger charge is 2.68. The molecule has 0 atom stereocenters. The average Bonchev–Trinajstić information content (AvgIpc) is 2.66. The minimum absolute atomic E-state index is 0.00217. The first kappa shape index (κ1) is 21.1. The van der Waals surface area contributed by atoms with Gasteiger partial charge in [-0.25, -0.2) is 9.37 Å². The van der Waals surface area contributed by atoms with Crippen LogP contribution in [-0.2, 0) is 4.79 Å². The van der Waals surface area contributed by atoms with Crippen LogP contribution in [0.15, 0.2) is 35.6 Å². The monoisotopic (exact) mass is 449 g/mol. The molecule has 5 rings (SSSR count). The number of carbonyl (C=O) groups is 2. The van der Waals surface area contributed by atoms with Gasteiger partial charge in [0.05, 0.1) is 17.4 Å². The van der Waals surface area contributed by atoms with Crippen LogP contribution in [0.2, 0.25) is 5.02 Å². The molecule has 3 saturated carbocycles. The zero-order chi connectivity index (χ0) is 21.4. The van der Waals surface area contributed by atoms with Crippen molar-refractivity contribution < 1.29 is 18.7 Å². The molecule has 3 aliphatic rings. The van der Waals surface area contributed by atoms with Gasteiger partial charge in [-0.1, -0.05) is 18.5 Å². The van der Waals surface area contributed by atoms with Gasteiger partial charge in [0.15, 0.2) is 12.4 Å². The Bertz CT molecular complexity index is 983. The Balaban J connectivity index is 1.24. The molecule has 3 fully saturated rings. The number of hydrogen-bond donors (Lipinski definition) is 1. The van der Waals surface area contributed by atoms with Crippen molar-refractivity contribution in [3.63, 3.8) is 0 Å². The number of Topliss-reactive ketones (excluding diaryl/α,β-unsaturated/α-hetero) is 1.